The third-order valence-corrected chi connectivity index (χ3v) is 4.25. The van der Waals surface area contributed by atoms with Crippen molar-refractivity contribution in [2.45, 2.75) is 26.7 Å². The van der Waals surface area contributed by atoms with Crippen LogP contribution in [-0.2, 0) is 11.2 Å². The molecule has 0 aliphatic rings. The van der Waals surface area contributed by atoms with E-state index in [1.54, 1.807) is 25.1 Å². The third kappa shape index (κ3) is 4.17. The Morgan fingerprint density at radius 3 is 2.56 bits per heavy atom. The lowest BCUT2D eigenvalue weighted by molar-refractivity contribution is 0.0526. The highest BCUT2D eigenvalue weighted by molar-refractivity contribution is 5.94. The minimum absolute atomic E-state index is 0.100. The van der Waals surface area contributed by atoms with Gasteiger partial charge in [-0.15, -0.1) is 0 Å². The van der Waals surface area contributed by atoms with Crippen LogP contribution >= 0.6 is 0 Å². The molecule has 4 nitrogen and oxygen atoms in total. The van der Waals surface area contributed by atoms with Gasteiger partial charge in [0, 0.05) is 5.56 Å². The summed E-state index contributed by atoms with van der Waals surface area (Å²) in [6.07, 6.45) is 5.19. The van der Waals surface area contributed by atoms with Crippen molar-refractivity contribution in [3.8, 4) is 0 Å². The van der Waals surface area contributed by atoms with Gasteiger partial charge >= 0.3 is 5.97 Å². The number of esters is 1. The summed E-state index contributed by atoms with van der Waals surface area (Å²) in [4.78, 5) is 25.0. The molecule has 1 heterocycles. The highest BCUT2D eigenvalue weighted by Gasteiger charge is 2.15. The second-order valence-electron chi connectivity index (χ2n) is 6.20. The molecule has 0 amide bonds. The normalized spacial score (nSPS) is 11.2. The first kappa shape index (κ1) is 18.6. The van der Waals surface area contributed by atoms with Gasteiger partial charge in [0.1, 0.15) is 11.3 Å². The average Bonchev–Trinajstić information content (AvgIpc) is 2.69. The molecule has 3 aromatic rings. The number of hydrogen-bond acceptors (Lipinski definition) is 4. The molecule has 0 saturated carbocycles. The van der Waals surface area contributed by atoms with Crippen molar-refractivity contribution in [2.24, 2.45) is 0 Å². The Hall–Kier alpha value is -3.14. The van der Waals surface area contributed by atoms with Crippen molar-refractivity contribution >= 4 is 29.1 Å². The van der Waals surface area contributed by atoms with Crippen molar-refractivity contribution in [1.82, 2.24) is 0 Å². The smallest absolute Gasteiger partial charge is 0.338 e. The highest BCUT2D eigenvalue weighted by Crippen LogP contribution is 2.21. The summed E-state index contributed by atoms with van der Waals surface area (Å²) < 4.78 is 11.0. The molecule has 0 fully saturated rings. The lowest BCUT2D eigenvalue weighted by Gasteiger charge is -2.08. The maximum Gasteiger partial charge on any atom is 0.338 e. The molecule has 0 unspecified atom stereocenters. The summed E-state index contributed by atoms with van der Waals surface area (Å²) in [6, 6.07) is 14.7. The summed E-state index contributed by atoms with van der Waals surface area (Å²) in [5.74, 6) is 0.117. The van der Waals surface area contributed by atoms with E-state index >= 15 is 0 Å². The lowest BCUT2D eigenvalue weighted by Crippen LogP contribution is -2.12. The molecule has 0 radical (unpaired) electrons. The number of rotatable bonds is 6. The van der Waals surface area contributed by atoms with Crippen molar-refractivity contribution < 1.29 is 13.9 Å². The van der Waals surface area contributed by atoms with E-state index in [-0.39, 0.29) is 12.0 Å². The van der Waals surface area contributed by atoms with E-state index in [9.17, 15) is 9.59 Å². The van der Waals surface area contributed by atoms with Crippen LogP contribution in [0, 0.1) is 0 Å². The molecule has 0 aliphatic carbocycles. The molecule has 4 heteroatoms. The fourth-order valence-electron chi connectivity index (χ4n) is 2.95. The second kappa shape index (κ2) is 8.49. The van der Waals surface area contributed by atoms with Gasteiger partial charge in [0.05, 0.1) is 17.6 Å². The van der Waals surface area contributed by atoms with Crippen LogP contribution in [0.1, 0.15) is 47.5 Å². The van der Waals surface area contributed by atoms with E-state index in [2.05, 4.69) is 0 Å². The molecule has 2 aromatic carbocycles. The minimum atomic E-state index is -0.441. The first-order valence-electron chi connectivity index (χ1n) is 9.14. The number of hydrogen-bond donors (Lipinski definition) is 0. The van der Waals surface area contributed by atoms with Crippen molar-refractivity contribution in [1.29, 1.82) is 0 Å². The molecule has 138 valence electrons. The second-order valence-corrected chi connectivity index (χ2v) is 6.20. The van der Waals surface area contributed by atoms with Crippen molar-refractivity contribution in [3.63, 3.8) is 0 Å². The first-order valence-corrected chi connectivity index (χ1v) is 9.14. The molecule has 0 aliphatic heterocycles. The zero-order chi connectivity index (χ0) is 19.2. The molecule has 3 rings (SSSR count). The Morgan fingerprint density at radius 1 is 1.07 bits per heavy atom. The largest absolute Gasteiger partial charge is 0.462 e. The first-order chi connectivity index (χ1) is 13.1. The van der Waals surface area contributed by atoms with Crippen LogP contribution in [0.3, 0.4) is 0 Å². The Bertz CT molecular complexity index is 1030. The summed E-state index contributed by atoms with van der Waals surface area (Å²) in [7, 11) is 0. The molecular weight excluding hydrogens is 340 g/mol. The quantitative estimate of drug-likeness (QED) is 0.573. The van der Waals surface area contributed by atoms with Crippen molar-refractivity contribution in [3.05, 3.63) is 81.2 Å². The van der Waals surface area contributed by atoms with E-state index in [0.717, 1.165) is 12.0 Å². The molecule has 1 aromatic heterocycles. The van der Waals surface area contributed by atoms with Crippen LogP contribution < -0.4 is 5.43 Å². The lowest BCUT2D eigenvalue weighted by atomic mass is 10.0. The zero-order valence-corrected chi connectivity index (χ0v) is 15.5. The number of benzene rings is 2. The Balaban J connectivity index is 2.10. The minimum Gasteiger partial charge on any atom is -0.462 e. The number of carbonyl (C=O) groups excluding carboxylic acids is 1. The fraction of sp³-hybridized carbons (Fsp3) is 0.217. The fourth-order valence-corrected chi connectivity index (χ4v) is 2.95. The van der Waals surface area contributed by atoms with Gasteiger partial charge in [0.25, 0.3) is 0 Å². The Labute approximate surface area is 158 Å². The number of fused-ring (bicyclic) bond motifs is 1. The van der Waals surface area contributed by atoms with Gasteiger partial charge in [-0.25, -0.2) is 4.79 Å². The Kier molecular flexibility index (Phi) is 5.87. The van der Waals surface area contributed by atoms with Gasteiger partial charge in [-0.05, 0) is 43.2 Å². The van der Waals surface area contributed by atoms with Crippen LogP contribution in [0.25, 0.3) is 23.1 Å². The highest BCUT2D eigenvalue weighted by atomic mass is 16.5. The summed E-state index contributed by atoms with van der Waals surface area (Å²) in [5.41, 5.74) is 2.36. The van der Waals surface area contributed by atoms with Gasteiger partial charge in [0.2, 0.25) is 0 Å². The van der Waals surface area contributed by atoms with Crippen LogP contribution in [0.5, 0.6) is 0 Å². The van der Waals surface area contributed by atoms with Gasteiger partial charge < -0.3 is 9.15 Å². The molecule has 0 N–H and O–H groups in total. The van der Waals surface area contributed by atoms with E-state index in [1.807, 2.05) is 49.4 Å². The number of carbonyl (C=O) groups is 1. The van der Waals surface area contributed by atoms with Crippen LogP contribution in [0.4, 0.5) is 0 Å². The van der Waals surface area contributed by atoms with Gasteiger partial charge in [0.15, 0.2) is 5.43 Å². The molecule has 0 bridgehead atoms. The SMILES string of the molecule is CCCc1c(C=Cc2ccccc2)oc2ccc(C(=O)OCC)cc2c1=O. The predicted octanol–water partition coefficient (Wildman–Crippen LogP) is 5.09. The topological polar surface area (TPSA) is 56.5 Å². The molecule has 0 saturated heterocycles. The van der Waals surface area contributed by atoms with E-state index in [0.29, 0.717) is 34.3 Å². The molecule has 27 heavy (non-hydrogen) atoms. The summed E-state index contributed by atoms with van der Waals surface area (Å²) >= 11 is 0. The summed E-state index contributed by atoms with van der Waals surface area (Å²) in [5, 5.41) is 0.404. The van der Waals surface area contributed by atoms with Crippen LogP contribution in [0.2, 0.25) is 0 Å². The third-order valence-electron chi connectivity index (χ3n) is 4.25. The van der Waals surface area contributed by atoms with Gasteiger partial charge in [-0.1, -0.05) is 49.8 Å². The van der Waals surface area contributed by atoms with Crippen LogP contribution in [-0.4, -0.2) is 12.6 Å². The summed E-state index contributed by atoms with van der Waals surface area (Å²) in [6.45, 7) is 4.05. The van der Waals surface area contributed by atoms with Gasteiger partial charge in [-0.3, -0.25) is 4.79 Å². The van der Waals surface area contributed by atoms with Crippen LogP contribution in [0.15, 0.2) is 57.7 Å². The van der Waals surface area contributed by atoms with E-state index in [4.69, 9.17) is 9.15 Å². The van der Waals surface area contributed by atoms with Crippen molar-refractivity contribution in [2.75, 3.05) is 6.61 Å². The molecular formula is C23H22O4. The number of ether oxygens (including phenoxy) is 1. The Morgan fingerprint density at radius 2 is 1.85 bits per heavy atom. The van der Waals surface area contributed by atoms with Gasteiger partial charge in [-0.2, -0.15) is 0 Å². The molecule has 0 atom stereocenters. The van der Waals surface area contributed by atoms with E-state index < -0.39 is 5.97 Å². The predicted molar refractivity (Wildman–Crippen MR) is 108 cm³/mol. The average molecular weight is 362 g/mol. The van der Waals surface area contributed by atoms with E-state index in [1.165, 1.54) is 0 Å². The monoisotopic (exact) mass is 362 g/mol. The zero-order valence-electron chi connectivity index (χ0n) is 15.5. The maximum atomic E-state index is 13.0. The maximum absolute atomic E-state index is 13.0. The molecule has 0 spiro atoms. The standard InChI is InChI=1S/C23H22O4/c1-3-8-18-20(13-11-16-9-6-5-7-10-16)27-21-14-12-17(23(25)26-4-2)15-19(21)22(18)24/h5-7,9-15H,3-4,8H2,1-2H3.